The third kappa shape index (κ3) is 2.33. The summed E-state index contributed by atoms with van der Waals surface area (Å²) in [6.07, 6.45) is 0. The minimum atomic E-state index is -1.38. The second-order valence-corrected chi connectivity index (χ2v) is 4.06. The van der Waals surface area contributed by atoms with Crippen LogP contribution in [0.2, 0.25) is 5.02 Å². The minimum Gasteiger partial charge on any atom is -0.478 e. The van der Waals surface area contributed by atoms with E-state index in [4.69, 9.17) is 16.7 Å². The molecule has 0 bridgehead atoms. The second-order valence-electron chi connectivity index (χ2n) is 3.63. The van der Waals surface area contributed by atoms with Crippen LogP contribution < -0.4 is 0 Å². The van der Waals surface area contributed by atoms with Gasteiger partial charge in [-0.15, -0.1) is 0 Å². The first-order chi connectivity index (χ1) is 8.49. The first-order valence-corrected chi connectivity index (χ1v) is 5.35. The van der Waals surface area contributed by atoms with E-state index >= 15 is 0 Å². The van der Waals surface area contributed by atoms with Crippen LogP contribution in [0.25, 0.3) is 11.1 Å². The van der Waals surface area contributed by atoms with E-state index < -0.39 is 23.2 Å². The monoisotopic (exact) mass is 268 g/mol. The number of halogens is 3. The van der Waals surface area contributed by atoms with Gasteiger partial charge in [-0.3, -0.25) is 0 Å². The Kier molecular flexibility index (Phi) is 3.30. The zero-order chi connectivity index (χ0) is 13.3. The van der Waals surface area contributed by atoms with Gasteiger partial charge >= 0.3 is 5.97 Å². The number of benzene rings is 2. The first-order valence-electron chi connectivity index (χ1n) is 4.97. The number of aromatic carboxylic acids is 1. The van der Waals surface area contributed by atoms with Crippen LogP contribution in [0.4, 0.5) is 8.78 Å². The van der Waals surface area contributed by atoms with Gasteiger partial charge in [0.15, 0.2) is 0 Å². The zero-order valence-electron chi connectivity index (χ0n) is 8.95. The molecule has 0 atom stereocenters. The molecule has 0 aliphatic rings. The highest BCUT2D eigenvalue weighted by Gasteiger charge is 2.15. The molecule has 0 fully saturated rings. The lowest BCUT2D eigenvalue weighted by Crippen LogP contribution is -2.00. The molecular weight excluding hydrogens is 262 g/mol. The van der Waals surface area contributed by atoms with Crippen molar-refractivity contribution in [3.63, 3.8) is 0 Å². The van der Waals surface area contributed by atoms with Gasteiger partial charge in [-0.1, -0.05) is 23.7 Å². The van der Waals surface area contributed by atoms with Crippen molar-refractivity contribution in [2.24, 2.45) is 0 Å². The van der Waals surface area contributed by atoms with Gasteiger partial charge in [0.1, 0.15) is 11.6 Å². The van der Waals surface area contributed by atoms with Crippen molar-refractivity contribution in [1.29, 1.82) is 0 Å². The van der Waals surface area contributed by atoms with E-state index in [1.165, 1.54) is 24.3 Å². The Balaban J connectivity index is 2.58. The summed E-state index contributed by atoms with van der Waals surface area (Å²) in [5.41, 5.74) is -0.397. The van der Waals surface area contributed by atoms with Gasteiger partial charge in [0.05, 0.1) is 11.1 Å². The topological polar surface area (TPSA) is 37.3 Å². The third-order valence-electron chi connectivity index (χ3n) is 2.42. The van der Waals surface area contributed by atoms with E-state index in [0.29, 0.717) is 10.6 Å². The molecule has 0 heterocycles. The first kappa shape index (κ1) is 12.5. The summed E-state index contributed by atoms with van der Waals surface area (Å²) in [7, 11) is 0. The highest BCUT2D eigenvalue weighted by molar-refractivity contribution is 6.30. The van der Waals surface area contributed by atoms with Gasteiger partial charge in [-0.25, -0.2) is 13.6 Å². The number of carboxylic acid groups (broad SMARTS) is 1. The predicted octanol–water partition coefficient (Wildman–Crippen LogP) is 3.98. The van der Waals surface area contributed by atoms with Crippen LogP contribution >= 0.6 is 11.6 Å². The Bertz CT molecular complexity index is 586. The fraction of sp³-hybridized carbons (Fsp3) is 0. The molecule has 0 unspecified atom stereocenters. The number of hydrogen-bond donors (Lipinski definition) is 1. The van der Waals surface area contributed by atoms with Gasteiger partial charge in [-0.05, 0) is 29.8 Å². The van der Waals surface area contributed by atoms with Crippen LogP contribution in [0.5, 0.6) is 0 Å². The van der Waals surface area contributed by atoms with Crippen molar-refractivity contribution in [2.45, 2.75) is 0 Å². The lowest BCUT2D eigenvalue weighted by molar-refractivity contribution is 0.0696. The summed E-state index contributed by atoms with van der Waals surface area (Å²) >= 11 is 5.68. The Morgan fingerprint density at radius 1 is 1.06 bits per heavy atom. The summed E-state index contributed by atoms with van der Waals surface area (Å²) in [5.74, 6) is -3.22. The van der Waals surface area contributed by atoms with Gasteiger partial charge in [-0.2, -0.15) is 0 Å². The molecule has 2 rings (SSSR count). The van der Waals surface area contributed by atoms with Crippen molar-refractivity contribution < 1.29 is 18.7 Å². The fourth-order valence-electron chi connectivity index (χ4n) is 1.59. The molecule has 18 heavy (non-hydrogen) atoms. The minimum absolute atomic E-state index is 0.267. The Labute approximate surface area is 106 Å². The van der Waals surface area contributed by atoms with Crippen LogP contribution in [-0.2, 0) is 0 Å². The molecule has 0 spiro atoms. The number of rotatable bonds is 2. The molecule has 2 aromatic rings. The normalized spacial score (nSPS) is 10.4. The maximum Gasteiger partial charge on any atom is 0.335 e. The Morgan fingerprint density at radius 3 is 2.00 bits per heavy atom. The molecule has 1 N–H and O–H groups in total. The van der Waals surface area contributed by atoms with Gasteiger partial charge in [0.2, 0.25) is 0 Å². The smallest absolute Gasteiger partial charge is 0.335 e. The van der Waals surface area contributed by atoms with E-state index in [1.54, 1.807) is 0 Å². The van der Waals surface area contributed by atoms with Crippen molar-refractivity contribution in [3.05, 3.63) is 58.6 Å². The van der Waals surface area contributed by atoms with Crippen LogP contribution in [0.15, 0.2) is 36.4 Å². The highest BCUT2D eigenvalue weighted by atomic mass is 35.5. The summed E-state index contributed by atoms with van der Waals surface area (Å²) < 4.78 is 27.4. The molecule has 2 nitrogen and oxygen atoms in total. The maximum absolute atomic E-state index is 13.7. The zero-order valence-corrected chi connectivity index (χ0v) is 9.71. The molecule has 0 saturated carbocycles. The summed E-state index contributed by atoms with van der Waals surface area (Å²) in [6, 6.07) is 7.50. The van der Waals surface area contributed by atoms with E-state index in [0.717, 1.165) is 12.1 Å². The quantitative estimate of drug-likeness (QED) is 0.894. The lowest BCUT2D eigenvalue weighted by atomic mass is 10.0. The van der Waals surface area contributed by atoms with Crippen LogP contribution in [0, 0.1) is 11.6 Å². The van der Waals surface area contributed by atoms with E-state index in [2.05, 4.69) is 0 Å². The molecule has 0 amide bonds. The number of carbonyl (C=O) groups is 1. The van der Waals surface area contributed by atoms with E-state index in [-0.39, 0.29) is 5.56 Å². The summed E-state index contributed by atoms with van der Waals surface area (Å²) in [5, 5.41) is 9.13. The largest absolute Gasteiger partial charge is 0.478 e. The van der Waals surface area contributed by atoms with Gasteiger partial charge in [0.25, 0.3) is 0 Å². The molecule has 0 aromatic heterocycles. The molecule has 2 aromatic carbocycles. The molecule has 5 heteroatoms. The van der Waals surface area contributed by atoms with Crippen LogP contribution in [0.3, 0.4) is 0 Å². The molecule has 0 aliphatic carbocycles. The molecular formula is C13H7ClF2O2. The average Bonchev–Trinajstić information content (AvgIpc) is 2.30. The third-order valence-corrected chi connectivity index (χ3v) is 2.67. The fourth-order valence-corrected chi connectivity index (χ4v) is 1.71. The molecule has 0 radical (unpaired) electrons. The van der Waals surface area contributed by atoms with Crippen molar-refractivity contribution in [3.8, 4) is 11.1 Å². The van der Waals surface area contributed by atoms with E-state index in [1.807, 2.05) is 0 Å². The second kappa shape index (κ2) is 4.74. The van der Waals surface area contributed by atoms with Crippen molar-refractivity contribution >= 4 is 17.6 Å². The highest BCUT2D eigenvalue weighted by Crippen LogP contribution is 2.28. The summed E-state index contributed by atoms with van der Waals surface area (Å²) in [6.45, 7) is 0. The molecule has 92 valence electrons. The molecule has 0 aliphatic heterocycles. The summed E-state index contributed by atoms with van der Waals surface area (Å²) in [4.78, 5) is 10.6. The van der Waals surface area contributed by atoms with Gasteiger partial charge in [0, 0.05) is 5.02 Å². The van der Waals surface area contributed by atoms with Crippen molar-refractivity contribution in [1.82, 2.24) is 0 Å². The van der Waals surface area contributed by atoms with Crippen LogP contribution in [0.1, 0.15) is 10.4 Å². The standard InChI is InChI=1S/C13H7ClF2O2/c14-9-3-1-7(2-4-9)12-10(15)5-8(13(17)18)6-11(12)16/h1-6H,(H,17,18). The van der Waals surface area contributed by atoms with Crippen molar-refractivity contribution in [2.75, 3.05) is 0 Å². The number of carboxylic acids is 1. The lowest BCUT2D eigenvalue weighted by Gasteiger charge is -2.06. The Morgan fingerprint density at radius 2 is 1.56 bits per heavy atom. The number of hydrogen-bond acceptors (Lipinski definition) is 1. The molecule has 0 saturated heterocycles. The predicted molar refractivity (Wildman–Crippen MR) is 63.8 cm³/mol. The van der Waals surface area contributed by atoms with E-state index in [9.17, 15) is 13.6 Å². The van der Waals surface area contributed by atoms with Gasteiger partial charge < -0.3 is 5.11 Å². The maximum atomic E-state index is 13.7. The SMILES string of the molecule is O=C(O)c1cc(F)c(-c2ccc(Cl)cc2)c(F)c1. The average molecular weight is 269 g/mol. The van der Waals surface area contributed by atoms with Crippen LogP contribution in [-0.4, -0.2) is 11.1 Å². The Hall–Kier alpha value is -1.94.